The van der Waals surface area contributed by atoms with Gasteiger partial charge in [-0.3, -0.25) is 4.79 Å². The molecule has 0 radical (unpaired) electrons. The van der Waals surface area contributed by atoms with Gasteiger partial charge in [0.15, 0.2) is 0 Å². The molecule has 0 N–H and O–H groups in total. The van der Waals surface area contributed by atoms with Crippen LogP contribution in [-0.4, -0.2) is 68.3 Å². The molecule has 31 heavy (non-hydrogen) atoms. The van der Waals surface area contributed by atoms with E-state index in [4.69, 9.17) is 4.74 Å². The molecule has 0 bridgehead atoms. The van der Waals surface area contributed by atoms with Crippen LogP contribution in [0.5, 0.6) is 0 Å². The van der Waals surface area contributed by atoms with E-state index in [2.05, 4.69) is 14.8 Å². The van der Waals surface area contributed by atoms with Crippen LogP contribution in [0.25, 0.3) is 0 Å². The highest BCUT2D eigenvalue weighted by atomic mass is 16.6. The second kappa shape index (κ2) is 8.69. The van der Waals surface area contributed by atoms with Crippen LogP contribution in [0.3, 0.4) is 0 Å². The SMILES string of the molecule is CC(C)(C)OC(=O)N1CCc2nnc(C3CCN(C(=O)c4ccccc4)CC3)n2CC1. The summed E-state index contributed by atoms with van der Waals surface area (Å²) in [4.78, 5) is 28.9. The lowest BCUT2D eigenvalue weighted by molar-refractivity contribution is 0.0253. The maximum Gasteiger partial charge on any atom is 0.410 e. The third kappa shape index (κ3) is 4.89. The number of piperidine rings is 1. The van der Waals surface area contributed by atoms with Crippen LogP contribution in [0, 0.1) is 0 Å². The van der Waals surface area contributed by atoms with Gasteiger partial charge in [0.05, 0.1) is 0 Å². The Bertz CT molecular complexity index is 926. The number of hydrogen-bond donors (Lipinski definition) is 0. The second-order valence-electron chi connectivity index (χ2n) is 9.28. The van der Waals surface area contributed by atoms with E-state index < -0.39 is 5.60 Å². The molecule has 3 heterocycles. The average Bonchev–Trinajstić information content (AvgIpc) is 3.03. The Hall–Kier alpha value is -2.90. The van der Waals surface area contributed by atoms with Gasteiger partial charge in [0.25, 0.3) is 5.91 Å². The summed E-state index contributed by atoms with van der Waals surface area (Å²) < 4.78 is 7.70. The van der Waals surface area contributed by atoms with Crippen molar-refractivity contribution in [1.29, 1.82) is 0 Å². The Morgan fingerprint density at radius 1 is 0.935 bits per heavy atom. The van der Waals surface area contributed by atoms with Crippen LogP contribution in [0.1, 0.15) is 61.5 Å². The molecule has 2 aromatic rings. The summed E-state index contributed by atoms with van der Waals surface area (Å²) in [7, 11) is 0. The van der Waals surface area contributed by atoms with E-state index in [1.807, 2.05) is 56.0 Å². The molecule has 0 spiro atoms. The van der Waals surface area contributed by atoms with Crippen molar-refractivity contribution in [3.8, 4) is 0 Å². The summed E-state index contributed by atoms with van der Waals surface area (Å²) in [5.41, 5.74) is 0.231. The summed E-state index contributed by atoms with van der Waals surface area (Å²) in [5, 5.41) is 8.91. The van der Waals surface area contributed by atoms with Crippen LogP contribution in [0.2, 0.25) is 0 Å². The third-order valence-corrected chi connectivity index (χ3v) is 5.87. The first kappa shape index (κ1) is 21.3. The van der Waals surface area contributed by atoms with Crippen molar-refractivity contribution in [2.45, 2.75) is 58.1 Å². The van der Waals surface area contributed by atoms with Crippen molar-refractivity contribution < 1.29 is 14.3 Å². The smallest absolute Gasteiger partial charge is 0.410 e. The highest BCUT2D eigenvalue weighted by Gasteiger charge is 2.31. The molecule has 2 aliphatic rings. The number of benzene rings is 1. The maximum absolute atomic E-state index is 12.7. The van der Waals surface area contributed by atoms with E-state index >= 15 is 0 Å². The quantitative estimate of drug-likeness (QED) is 0.739. The van der Waals surface area contributed by atoms with Gasteiger partial charge in [-0.25, -0.2) is 4.79 Å². The van der Waals surface area contributed by atoms with Gasteiger partial charge in [-0.05, 0) is 45.7 Å². The molecule has 0 unspecified atom stereocenters. The van der Waals surface area contributed by atoms with Gasteiger partial charge in [0.1, 0.15) is 17.2 Å². The number of carbonyl (C=O) groups is 2. The fraction of sp³-hybridized carbons (Fsp3) is 0.565. The van der Waals surface area contributed by atoms with Crippen LogP contribution in [-0.2, 0) is 17.7 Å². The fourth-order valence-corrected chi connectivity index (χ4v) is 4.26. The average molecular weight is 426 g/mol. The number of carbonyl (C=O) groups excluding carboxylic acids is 2. The van der Waals surface area contributed by atoms with Crippen molar-refractivity contribution in [3.63, 3.8) is 0 Å². The molecule has 0 aliphatic carbocycles. The summed E-state index contributed by atoms with van der Waals surface area (Å²) in [6.45, 7) is 8.89. The minimum atomic E-state index is -0.505. The molecular weight excluding hydrogens is 394 g/mol. The number of fused-ring (bicyclic) bond motifs is 1. The lowest BCUT2D eigenvalue weighted by atomic mass is 9.95. The molecule has 8 heteroatoms. The van der Waals surface area contributed by atoms with Crippen LogP contribution in [0.4, 0.5) is 4.79 Å². The zero-order valence-corrected chi connectivity index (χ0v) is 18.6. The standard InChI is InChI=1S/C23H31N5O3/c1-23(2,3)31-22(30)27-14-11-19-24-25-20(28(19)16-15-27)17-9-12-26(13-10-17)21(29)18-7-5-4-6-8-18/h4-8,17H,9-16H2,1-3H3. The number of aromatic nitrogens is 3. The lowest BCUT2D eigenvalue weighted by Gasteiger charge is -2.32. The van der Waals surface area contributed by atoms with Crippen molar-refractivity contribution in [1.82, 2.24) is 24.6 Å². The van der Waals surface area contributed by atoms with E-state index in [1.54, 1.807) is 4.90 Å². The second-order valence-corrected chi connectivity index (χ2v) is 9.28. The normalized spacial score (nSPS) is 17.8. The molecule has 1 aromatic heterocycles. The Balaban J connectivity index is 1.38. The van der Waals surface area contributed by atoms with E-state index in [0.717, 1.165) is 30.1 Å². The largest absolute Gasteiger partial charge is 0.444 e. The van der Waals surface area contributed by atoms with Gasteiger partial charge in [0.2, 0.25) is 0 Å². The van der Waals surface area contributed by atoms with E-state index in [-0.39, 0.29) is 17.9 Å². The van der Waals surface area contributed by atoms with Gasteiger partial charge in [-0.2, -0.15) is 0 Å². The maximum atomic E-state index is 12.7. The zero-order valence-electron chi connectivity index (χ0n) is 18.6. The highest BCUT2D eigenvalue weighted by molar-refractivity contribution is 5.94. The van der Waals surface area contributed by atoms with Gasteiger partial charge in [-0.15, -0.1) is 10.2 Å². The zero-order chi connectivity index (χ0) is 22.0. The van der Waals surface area contributed by atoms with Crippen LogP contribution in [0.15, 0.2) is 30.3 Å². The van der Waals surface area contributed by atoms with Gasteiger partial charge < -0.3 is 19.1 Å². The van der Waals surface area contributed by atoms with Gasteiger partial charge in [-0.1, -0.05) is 18.2 Å². The van der Waals surface area contributed by atoms with Crippen LogP contribution >= 0.6 is 0 Å². The highest BCUT2D eigenvalue weighted by Crippen LogP contribution is 2.29. The Morgan fingerprint density at radius 2 is 1.65 bits per heavy atom. The summed E-state index contributed by atoms with van der Waals surface area (Å²) in [6, 6.07) is 9.44. The number of rotatable bonds is 2. The third-order valence-electron chi connectivity index (χ3n) is 5.87. The topological polar surface area (TPSA) is 80.6 Å². The van der Waals surface area contributed by atoms with Crippen LogP contribution < -0.4 is 0 Å². The minimum absolute atomic E-state index is 0.0899. The number of likely N-dealkylation sites (tertiary alicyclic amines) is 1. The molecule has 4 rings (SSSR count). The predicted molar refractivity (Wildman–Crippen MR) is 116 cm³/mol. The molecular formula is C23H31N5O3. The summed E-state index contributed by atoms with van der Waals surface area (Å²) in [5.74, 6) is 2.26. The van der Waals surface area contributed by atoms with Crippen molar-refractivity contribution >= 4 is 12.0 Å². The summed E-state index contributed by atoms with van der Waals surface area (Å²) >= 11 is 0. The van der Waals surface area contributed by atoms with E-state index in [9.17, 15) is 9.59 Å². The molecule has 8 nitrogen and oxygen atoms in total. The molecule has 2 aliphatic heterocycles. The number of nitrogens with zero attached hydrogens (tertiary/aromatic N) is 5. The molecule has 0 saturated carbocycles. The number of amides is 2. The summed E-state index contributed by atoms with van der Waals surface area (Å²) in [6.07, 6.45) is 2.12. The molecule has 1 fully saturated rings. The lowest BCUT2D eigenvalue weighted by Crippen LogP contribution is -2.39. The Labute approximate surface area is 183 Å². The van der Waals surface area contributed by atoms with Crippen molar-refractivity contribution in [3.05, 3.63) is 47.5 Å². The first-order chi connectivity index (χ1) is 14.8. The molecule has 1 aromatic carbocycles. The first-order valence-corrected chi connectivity index (χ1v) is 11.1. The van der Waals surface area contributed by atoms with Gasteiger partial charge in [0, 0.05) is 50.6 Å². The Kier molecular flexibility index (Phi) is 5.98. The van der Waals surface area contributed by atoms with Crippen molar-refractivity contribution in [2.75, 3.05) is 26.2 Å². The molecule has 0 atom stereocenters. The minimum Gasteiger partial charge on any atom is -0.444 e. The predicted octanol–water partition coefficient (Wildman–Crippen LogP) is 3.09. The molecule has 1 saturated heterocycles. The monoisotopic (exact) mass is 425 g/mol. The number of hydrogen-bond acceptors (Lipinski definition) is 5. The van der Waals surface area contributed by atoms with Crippen molar-refractivity contribution in [2.24, 2.45) is 0 Å². The fourth-order valence-electron chi connectivity index (χ4n) is 4.26. The van der Waals surface area contributed by atoms with E-state index in [0.29, 0.717) is 39.1 Å². The van der Waals surface area contributed by atoms with E-state index in [1.165, 1.54) is 0 Å². The first-order valence-electron chi connectivity index (χ1n) is 11.1. The molecule has 2 amide bonds. The Morgan fingerprint density at radius 3 is 2.32 bits per heavy atom. The van der Waals surface area contributed by atoms with Gasteiger partial charge >= 0.3 is 6.09 Å². The number of ether oxygens (including phenoxy) is 1. The molecule has 166 valence electrons.